The second-order valence-electron chi connectivity index (χ2n) is 8.63. The van der Waals surface area contributed by atoms with Crippen LogP contribution in [0.2, 0.25) is 0 Å². The molecule has 7 nitrogen and oxygen atoms in total. The molecule has 1 atom stereocenters. The van der Waals surface area contributed by atoms with Crippen LogP contribution in [0.5, 0.6) is 0 Å². The first-order chi connectivity index (χ1) is 14.6. The van der Waals surface area contributed by atoms with Crippen LogP contribution >= 0.6 is 11.3 Å². The van der Waals surface area contributed by atoms with Gasteiger partial charge in [-0.05, 0) is 62.4 Å². The van der Waals surface area contributed by atoms with Crippen LogP contribution in [0.25, 0.3) is 0 Å². The molecule has 8 heteroatoms. The van der Waals surface area contributed by atoms with E-state index in [1.165, 1.54) is 11.3 Å². The van der Waals surface area contributed by atoms with Crippen LogP contribution in [0.4, 0.5) is 4.79 Å². The number of piperazine rings is 1. The topological polar surface area (TPSA) is 79.0 Å². The molecule has 1 saturated heterocycles. The van der Waals surface area contributed by atoms with Crippen molar-refractivity contribution >= 4 is 29.2 Å². The lowest BCUT2D eigenvalue weighted by atomic mass is 9.99. The van der Waals surface area contributed by atoms with Crippen LogP contribution in [0.1, 0.15) is 58.0 Å². The maximum absolute atomic E-state index is 13.3. The van der Waals surface area contributed by atoms with E-state index in [2.05, 4.69) is 5.32 Å². The van der Waals surface area contributed by atoms with Gasteiger partial charge < -0.3 is 19.9 Å². The SMILES string of the molecule is CNC(=O)c1cccc([C@@H]2CN(C(=O)OC(C)(C)C)CCN2C(=O)c2cc(C)cs2)c1. The standard InChI is InChI=1S/C23H29N3O4S/c1-15-11-19(31-14-15)21(28)26-10-9-25(22(29)30-23(2,3)4)13-18(26)16-7-6-8-17(12-16)20(27)24-5/h6-8,11-12,14,18H,9-10,13H2,1-5H3,(H,24,27)/t18-/m0/s1. The van der Waals surface area contributed by atoms with Crippen molar-refractivity contribution in [3.63, 3.8) is 0 Å². The van der Waals surface area contributed by atoms with Crippen LogP contribution < -0.4 is 5.32 Å². The monoisotopic (exact) mass is 443 g/mol. The van der Waals surface area contributed by atoms with E-state index >= 15 is 0 Å². The molecule has 1 fully saturated rings. The number of carbonyl (C=O) groups excluding carboxylic acids is 3. The molecule has 2 heterocycles. The van der Waals surface area contributed by atoms with Gasteiger partial charge in [0, 0.05) is 32.2 Å². The Kier molecular flexibility index (Phi) is 6.69. The van der Waals surface area contributed by atoms with Gasteiger partial charge in [0.15, 0.2) is 0 Å². The van der Waals surface area contributed by atoms with Gasteiger partial charge in [-0.2, -0.15) is 0 Å². The zero-order chi connectivity index (χ0) is 22.8. The van der Waals surface area contributed by atoms with Crippen molar-refractivity contribution in [1.82, 2.24) is 15.1 Å². The maximum atomic E-state index is 13.3. The fourth-order valence-corrected chi connectivity index (χ4v) is 4.37. The quantitative estimate of drug-likeness (QED) is 0.782. The van der Waals surface area contributed by atoms with Crippen LogP contribution in [0.15, 0.2) is 35.7 Å². The lowest BCUT2D eigenvalue weighted by Crippen LogP contribution is -2.53. The third-order valence-corrected chi connectivity index (χ3v) is 6.03. The van der Waals surface area contributed by atoms with E-state index in [0.29, 0.717) is 30.1 Å². The van der Waals surface area contributed by atoms with Crippen molar-refractivity contribution < 1.29 is 19.1 Å². The molecule has 0 radical (unpaired) electrons. The van der Waals surface area contributed by atoms with Crippen LogP contribution in [0, 0.1) is 6.92 Å². The highest BCUT2D eigenvalue weighted by atomic mass is 32.1. The molecular weight excluding hydrogens is 414 g/mol. The van der Waals surface area contributed by atoms with Crippen LogP contribution in [-0.4, -0.2) is 60.0 Å². The van der Waals surface area contributed by atoms with Crippen molar-refractivity contribution in [2.45, 2.75) is 39.3 Å². The number of aryl methyl sites for hydroxylation is 1. The predicted octanol–water partition coefficient (Wildman–Crippen LogP) is 3.85. The van der Waals surface area contributed by atoms with Gasteiger partial charge in [-0.25, -0.2) is 4.79 Å². The Morgan fingerprint density at radius 1 is 1.16 bits per heavy atom. The minimum Gasteiger partial charge on any atom is -0.444 e. The minimum absolute atomic E-state index is 0.0720. The van der Waals surface area contributed by atoms with Crippen LogP contribution in [0.3, 0.4) is 0 Å². The summed E-state index contributed by atoms with van der Waals surface area (Å²) in [5, 5.41) is 4.57. The van der Waals surface area contributed by atoms with Crippen molar-refractivity contribution in [2.24, 2.45) is 0 Å². The molecule has 0 saturated carbocycles. The molecule has 1 aliphatic heterocycles. The van der Waals surface area contributed by atoms with E-state index in [1.54, 1.807) is 35.0 Å². The van der Waals surface area contributed by atoms with E-state index in [0.717, 1.165) is 11.1 Å². The Hall–Kier alpha value is -2.87. The highest BCUT2D eigenvalue weighted by Gasteiger charge is 2.36. The molecule has 0 spiro atoms. The maximum Gasteiger partial charge on any atom is 0.410 e. The van der Waals surface area contributed by atoms with E-state index in [-0.39, 0.29) is 17.9 Å². The number of nitrogens with zero attached hydrogens (tertiary/aromatic N) is 2. The molecule has 3 rings (SSSR count). The zero-order valence-corrected chi connectivity index (χ0v) is 19.4. The van der Waals surface area contributed by atoms with Crippen LogP contribution in [-0.2, 0) is 4.74 Å². The molecule has 0 aliphatic carbocycles. The molecule has 166 valence electrons. The number of rotatable bonds is 3. The Morgan fingerprint density at radius 3 is 2.52 bits per heavy atom. The zero-order valence-electron chi connectivity index (χ0n) is 18.6. The third-order valence-electron chi connectivity index (χ3n) is 4.99. The summed E-state index contributed by atoms with van der Waals surface area (Å²) in [5.41, 5.74) is 1.75. The van der Waals surface area contributed by atoms with Crippen molar-refractivity contribution in [3.8, 4) is 0 Å². The fourth-order valence-electron chi connectivity index (χ4n) is 3.52. The summed E-state index contributed by atoms with van der Waals surface area (Å²) < 4.78 is 5.55. The van der Waals surface area contributed by atoms with Crippen molar-refractivity contribution in [1.29, 1.82) is 0 Å². The number of hydrogen-bond acceptors (Lipinski definition) is 5. The molecule has 0 unspecified atom stereocenters. The minimum atomic E-state index is -0.604. The molecule has 1 aliphatic rings. The van der Waals surface area contributed by atoms with E-state index < -0.39 is 11.7 Å². The van der Waals surface area contributed by atoms with Crippen molar-refractivity contribution in [3.05, 3.63) is 57.3 Å². The van der Waals surface area contributed by atoms with Gasteiger partial charge >= 0.3 is 6.09 Å². The number of thiophene rings is 1. The largest absolute Gasteiger partial charge is 0.444 e. The second-order valence-corrected chi connectivity index (χ2v) is 9.54. The second kappa shape index (κ2) is 9.09. The van der Waals surface area contributed by atoms with Gasteiger partial charge in [-0.1, -0.05) is 12.1 Å². The molecule has 2 aromatic rings. The number of carbonyl (C=O) groups is 3. The molecular formula is C23H29N3O4S. The first kappa shape index (κ1) is 22.8. The highest BCUT2D eigenvalue weighted by molar-refractivity contribution is 7.12. The summed E-state index contributed by atoms with van der Waals surface area (Å²) in [6, 6.07) is 8.68. The van der Waals surface area contributed by atoms with Crippen molar-refractivity contribution in [2.75, 3.05) is 26.7 Å². The Bertz CT molecular complexity index is 979. The van der Waals surface area contributed by atoms with Gasteiger partial charge in [0.1, 0.15) is 5.60 Å². The third kappa shape index (κ3) is 5.44. The lowest BCUT2D eigenvalue weighted by Gasteiger charge is -2.41. The smallest absolute Gasteiger partial charge is 0.410 e. The normalized spacial score (nSPS) is 16.7. The Morgan fingerprint density at radius 2 is 1.90 bits per heavy atom. The Balaban J connectivity index is 1.93. The average molecular weight is 444 g/mol. The number of amides is 3. The first-order valence-electron chi connectivity index (χ1n) is 10.2. The van der Waals surface area contributed by atoms with Gasteiger partial charge in [-0.15, -0.1) is 11.3 Å². The molecule has 31 heavy (non-hydrogen) atoms. The summed E-state index contributed by atoms with van der Waals surface area (Å²) in [6.07, 6.45) is -0.404. The number of benzene rings is 1. The van der Waals surface area contributed by atoms with Gasteiger partial charge in [0.25, 0.3) is 11.8 Å². The number of nitrogens with one attached hydrogen (secondary N) is 1. The lowest BCUT2D eigenvalue weighted by molar-refractivity contribution is 0.00417. The fraction of sp³-hybridized carbons (Fsp3) is 0.435. The average Bonchev–Trinajstić information content (AvgIpc) is 3.17. The van der Waals surface area contributed by atoms with Gasteiger partial charge in [0.05, 0.1) is 10.9 Å². The predicted molar refractivity (Wildman–Crippen MR) is 120 cm³/mol. The van der Waals surface area contributed by atoms with Gasteiger partial charge in [0.2, 0.25) is 0 Å². The van der Waals surface area contributed by atoms with E-state index in [9.17, 15) is 14.4 Å². The summed E-state index contributed by atoms with van der Waals surface area (Å²) in [5.74, 6) is -0.272. The first-order valence-corrected chi connectivity index (χ1v) is 11.1. The number of ether oxygens (including phenoxy) is 1. The van der Waals surface area contributed by atoms with Gasteiger partial charge in [-0.3, -0.25) is 9.59 Å². The summed E-state index contributed by atoms with van der Waals surface area (Å²) >= 11 is 1.41. The Labute approximate surface area is 187 Å². The van der Waals surface area contributed by atoms with E-state index in [1.807, 2.05) is 45.2 Å². The molecule has 1 aromatic heterocycles. The van der Waals surface area contributed by atoms with E-state index in [4.69, 9.17) is 4.74 Å². The molecule has 0 bridgehead atoms. The number of hydrogen-bond donors (Lipinski definition) is 1. The summed E-state index contributed by atoms with van der Waals surface area (Å²) in [7, 11) is 1.58. The summed E-state index contributed by atoms with van der Waals surface area (Å²) in [6.45, 7) is 8.50. The summed E-state index contributed by atoms with van der Waals surface area (Å²) in [4.78, 5) is 42.2. The highest BCUT2D eigenvalue weighted by Crippen LogP contribution is 2.30. The molecule has 1 N–H and O–H groups in total. The molecule has 3 amide bonds. The molecule has 1 aromatic carbocycles.